The molecule has 28 heavy (non-hydrogen) atoms. The van der Waals surface area contributed by atoms with Crippen molar-refractivity contribution in [1.82, 2.24) is 14.8 Å². The highest BCUT2D eigenvalue weighted by atomic mass is 35.5. The second-order valence-electron chi connectivity index (χ2n) is 6.04. The smallest absolute Gasteiger partial charge is 0.289 e. The van der Waals surface area contributed by atoms with Crippen molar-refractivity contribution in [2.45, 2.75) is 24.5 Å². The lowest BCUT2D eigenvalue weighted by Crippen LogP contribution is -2.21. The van der Waals surface area contributed by atoms with Gasteiger partial charge in [-0.1, -0.05) is 29.4 Å². The molecule has 148 valence electrons. The molecule has 0 bridgehead atoms. The maximum atomic E-state index is 12.8. The van der Waals surface area contributed by atoms with E-state index in [1.165, 1.54) is 12.1 Å². The van der Waals surface area contributed by atoms with Gasteiger partial charge in [-0.25, -0.2) is 9.67 Å². The number of hydrogen-bond donors (Lipinski definition) is 1. The van der Waals surface area contributed by atoms with Crippen molar-refractivity contribution in [3.63, 3.8) is 0 Å². The van der Waals surface area contributed by atoms with E-state index in [9.17, 15) is 13.6 Å². The monoisotopic (exact) mass is 426 g/mol. The van der Waals surface area contributed by atoms with Crippen LogP contribution in [0.5, 0.6) is 5.88 Å². The Labute approximate surface area is 169 Å². The topological polar surface area (TPSA) is 69.0 Å². The van der Waals surface area contributed by atoms with E-state index in [4.69, 9.17) is 16.3 Å². The SMILES string of the molecule is Cc1cc(C)c2c(OCC(=O)Nc3cccc(Cl)c3SC(F)F)nn(C)c2n1. The first kappa shape index (κ1) is 20.3. The number of nitrogens with one attached hydrogen (secondary N) is 1. The number of amides is 1. The lowest BCUT2D eigenvalue weighted by atomic mass is 10.2. The van der Waals surface area contributed by atoms with Gasteiger partial charge in [0, 0.05) is 12.7 Å². The van der Waals surface area contributed by atoms with E-state index in [-0.39, 0.29) is 39.9 Å². The predicted octanol–water partition coefficient (Wildman–Crippen LogP) is 4.57. The van der Waals surface area contributed by atoms with E-state index in [1.807, 2.05) is 19.9 Å². The highest BCUT2D eigenvalue weighted by Gasteiger charge is 2.18. The van der Waals surface area contributed by atoms with Gasteiger partial charge in [0.2, 0.25) is 5.88 Å². The molecular weight excluding hydrogens is 410 g/mol. The van der Waals surface area contributed by atoms with Crippen LogP contribution in [-0.2, 0) is 11.8 Å². The molecule has 0 aliphatic rings. The van der Waals surface area contributed by atoms with Gasteiger partial charge in [-0.3, -0.25) is 4.79 Å². The molecule has 0 atom stereocenters. The Morgan fingerprint density at radius 3 is 2.86 bits per heavy atom. The summed E-state index contributed by atoms with van der Waals surface area (Å²) in [6, 6.07) is 6.45. The van der Waals surface area contributed by atoms with Gasteiger partial charge in [0.25, 0.3) is 11.7 Å². The fourth-order valence-corrected chi connectivity index (χ4v) is 3.70. The van der Waals surface area contributed by atoms with Gasteiger partial charge in [0.05, 0.1) is 21.0 Å². The van der Waals surface area contributed by atoms with E-state index in [0.717, 1.165) is 16.6 Å². The average molecular weight is 427 g/mol. The van der Waals surface area contributed by atoms with Crippen LogP contribution < -0.4 is 10.1 Å². The zero-order valence-corrected chi connectivity index (χ0v) is 16.9. The summed E-state index contributed by atoms with van der Waals surface area (Å²) in [6.45, 7) is 3.45. The number of ether oxygens (including phenoxy) is 1. The second kappa shape index (κ2) is 8.32. The number of carbonyl (C=O) groups excluding carboxylic acids is 1. The number of aromatic nitrogens is 3. The summed E-state index contributed by atoms with van der Waals surface area (Å²) in [4.78, 5) is 16.8. The van der Waals surface area contributed by atoms with E-state index < -0.39 is 11.7 Å². The molecule has 0 aliphatic heterocycles. The summed E-state index contributed by atoms with van der Waals surface area (Å²) in [5.41, 5.74) is 2.63. The highest BCUT2D eigenvalue weighted by molar-refractivity contribution is 7.99. The fourth-order valence-electron chi connectivity index (χ4n) is 2.79. The molecule has 1 amide bonds. The molecule has 0 spiro atoms. The van der Waals surface area contributed by atoms with Crippen molar-refractivity contribution in [3.8, 4) is 5.88 Å². The standard InChI is InChI=1S/C18H17ClF2N4O2S/c1-9-7-10(2)22-16-14(9)17(24-25(16)3)27-8-13(26)23-12-6-4-5-11(19)15(12)28-18(20)21/h4-7,18H,8H2,1-3H3,(H,23,26). The number of hydrogen-bond acceptors (Lipinski definition) is 5. The van der Waals surface area contributed by atoms with Crippen LogP contribution >= 0.6 is 23.4 Å². The van der Waals surface area contributed by atoms with Crippen LogP contribution in [0.4, 0.5) is 14.5 Å². The van der Waals surface area contributed by atoms with Crippen LogP contribution in [0.2, 0.25) is 5.02 Å². The minimum absolute atomic E-state index is 0.103. The van der Waals surface area contributed by atoms with Gasteiger partial charge in [-0.15, -0.1) is 5.10 Å². The van der Waals surface area contributed by atoms with Crippen molar-refractivity contribution in [3.05, 3.63) is 40.5 Å². The summed E-state index contributed by atoms with van der Waals surface area (Å²) in [5.74, 6) is -2.90. The first-order valence-electron chi connectivity index (χ1n) is 8.23. The lowest BCUT2D eigenvalue weighted by molar-refractivity contribution is -0.118. The summed E-state index contributed by atoms with van der Waals surface area (Å²) in [6.07, 6.45) is 0. The molecule has 10 heteroatoms. The molecule has 2 heterocycles. The molecule has 0 fully saturated rings. The zero-order chi connectivity index (χ0) is 20.4. The third-order valence-corrected chi connectivity index (χ3v) is 5.16. The number of pyridine rings is 1. The Balaban J connectivity index is 1.76. The van der Waals surface area contributed by atoms with Crippen molar-refractivity contribution >= 4 is 46.0 Å². The second-order valence-corrected chi connectivity index (χ2v) is 7.45. The van der Waals surface area contributed by atoms with Crippen molar-refractivity contribution < 1.29 is 18.3 Å². The van der Waals surface area contributed by atoms with Crippen molar-refractivity contribution in [2.24, 2.45) is 7.05 Å². The summed E-state index contributed by atoms with van der Waals surface area (Å²) >= 11 is 6.24. The number of anilines is 1. The van der Waals surface area contributed by atoms with Crippen LogP contribution in [0.1, 0.15) is 11.3 Å². The van der Waals surface area contributed by atoms with Crippen LogP contribution in [0.3, 0.4) is 0 Å². The molecule has 6 nitrogen and oxygen atoms in total. The molecule has 3 aromatic rings. The molecule has 0 unspecified atom stereocenters. The number of carbonyl (C=O) groups is 1. The normalized spacial score (nSPS) is 11.2. The number of rotatable bonds is 6. The number of alkyl halides is 2. The Hall–Kier alpha value is -2.39. The van der Waals surface area contributed by atoms with Gasteiger partial charge in [0.1, 0.15) is 0 Å². The number of thioether (sulfide) groups is 1. The van der Waals surface area contributed by atoms with E-state index >= 15 is 0 Å². The van der Waals surface area contributed by atoms with Crippen LogP contribution in [-0.4, -0.2) is 33.0 Å². The Bertz CT molecular complexity index is 1040. The van der Waals surface area contributed by atoms with Crippen LogP contribution in [0.15, 0.2) is 29.2 Å². The lowest BCUT2D eigenvalue weighted by Gasteiger charge is -2.12. The van der Waals surface area contributed by atoms with Gasteiger partial charge in [0.15, 0.2) is 12.3 Å². The molecule has 1 N–H and O–H groups in total. The zero-order valence-electron chi connectivity index (χ0n) is 15.3. The molecule has 1 aromatic carbocycles. The predicted molar refractivity (Wildman–Crippen MR) is 105 cm³/mol. The third-order valence-electron chi connectivity index (χ3n) is 3.87. The number of halogens is 3. The van der Waals surface area contributed by atoms with Crippen LogP contribution in [0.25, 0.3) is 11.0 Å². The van der Waals surface area contributed by atoms with Crippen LogP contribution in [0, 0.1) is 13.8 Å². The number of benzene rings is 1. The first-order chi connectivity index (χ1) is 13.3. The largest absolute Gasteiger partial charge is 0.466 e. The molecule has 0 radical (unpaired) electrons. The minimum Gasteiger partial charge on any atom is -0.466 e. The third kappa shape index (κ3) is 4.36. The highest BCUT2D eigenvalue weighted by Crippen LogP contribution is 2.37. The van der Waals surface area contributed by atoms with Gasteiger partial charge >= 0.3 is 0 Å². The maximum absolute atomic E-state index is 12.8. The molecule has 0 saturated heterocycles. The molecule has 2 aromatic heterocycles. The van der Waals surface area contributed by atoms with Gasteiger partial charge in [-0.05, 0) is 37.6 Å². The van der Waals surface area contributed by atoms with E-state index in [2.05, 4.69) is 15.4 Å². The Kier molecular flexibility index (Phi) is 6.04. The van der Waals surface area contributed by atoms with Crippen molar-refractivity contribution in [1.29, 1.82) is 0 Å². The molecule has 0 saturated carbocycles. The summed E-state index contributed by atoms with van der Waals surface area (Å²) in [5, 5.41) is 7.68. The quantitative estimate of drug-likeness (QED) is 0.585. The maximum Gasteiger partial charge on any atom is 0.289 e. The fraction of sp³-hybridized carbons (Fsp3) is 0.278. The number of nitrogens with zero attached hydrogens (tertiary/aromatic N) is 3. The number of aryl methyl sites for hydroxylation is 3. The molecule has 3 rings (SSSR count). The van der Waals surface area contributed by atoms with Gasteiger partial charge < -0.3 is 10.1 Å². The summed E-state index contributed by atoms with van der Waals surface area (Å²) in [7, 11) is 1.74. The summed E-state index contributed by atoms with van der Waals surface area (Å²) < 4.78 is 32.7. The van der Waals surface area contributed by atoms with Gasteiger partial charge in [-0.2, -0.15) is 8.78 Å². The molecule has 0 aliphatic carbocycles. The average Bonchev–Trinajstić information content (AvgIpc) is 2.92. The van der Waals surface area contributed by atoms with E-state index in [0.29, 0.717) is 5.65 Å². The first-order valence-corrected chi connectivity index (χ1v) is 9.49. The van der Waals surface area contributed by atoms with E-state index in [1.54, 1.807) is 17.8 Å². The Morgan fingerprint density at radius 2 is 2.14 bits per heavy atom. The Morgan fingerprint density at radius 1 is 1.39 bits per heavy atom. The minimum atomic E-state index is -2.66. The number of fused-ring (bicyclic) bond motifs is 1. The molecular formula is C18H17ClF2N4O2S. The van der Waals surface area contributed by atoms with Crippen molar-refractivity contribution in [2.75, 3.05) is 11.9 Å².